The Kier molecular flexibility index (Phi) is 4.61. The average molecular weight is 249 g/mol. The van der Waals surface area contributed by atoms with Gasteiger partial charge in [0.05, 0.1) is 6.61 Å². The maximum absolute atomic E-state index is 9.24. The fraction of sp³-hybridized carbons (Fsp3) is 0.600. The summed E-state index contributed by atoms with van der Waals surface area (Å²) in [4.78, 5) is 2.32. The lowest BCUT2D eigenvalue weighted by atomic mass is 10.1. The van der Waals surface area contributed by atoms with Crippen molar-refractivity contribution < 1.29 is 9.84 Å². The topological polar surface area (TPSA) is 32.7 Å². The number of aliphatic hydroxyl groups is 1. The second kappa shape index (κ2) is 6.21. The number of benzene rings is 1. The highest BCUT2D eigenvalue weighted by atomic mass is 16.5. The third-order valence-corrected chi connectivity index (χ3v) is 3.84. The molecule has 2 rings (SSSR count). The van der Waals surface area contributed by atoms with Gasteiger partial charge in [-0.25, -0.2) is 0 Å². The summed E-state index contributed by atoms with van der Waals surface area (Å²) in [5, 5.41) is 9.24. The summed E-state index contributed by atoms with van der Waals surface area (Å²) in [6, 6.07) is 6.55. The highest BCUT2D eigenvalue weighted by Crippen LogP contribution is 2.18. The quantitative estimate of drug-likeness (QED) is 0.868. The fourth-order valence-electron chi connectivity index (χ4n) is 2.48. The number of hydrogen-bond donors (Lipinski definition) is 1. The van der Waals surface area contributed by atoms with Crippen LogP contribution < -0.4 is 4.74 Å². The zero-order chi connectivity index (χ0) is 13.0. The van der Waals surface area contributed by atoms with Crippen LogP contribution in [0.5, 0.6) is 5.75 Å². The summed E-state index contributed by atoms with van der Waals surface area (Å²) in [6.07, 6.45) is 2.30. The Bertz CT molecular complexity index is 392. The van der Waals surface area contributed by atoms with E-state index < -0.39 is 0 Å². The van der Waals surface area contributed by atoms with Crippen molar-refractivity contribution in [2.75, 3.05) is 26.3 Å². The molecule has 100 valence electrons. The molecule has 1 fully saturated rings. The zero-order valence-electron chi connectivity index (χ0n) is 11.4. The molecule has 0 spiro atoms. The summed E-state index contributed by atoms with van der Waals surface area (Å²) < 4.78 is 5.77. The normalized spacial score (nSPS) is 20.3. The first-order valence-corrected chi connectivity index (χ1v) is 6.75. The molecule has 1 heterocycles. The van der Waals surface area contributed by atoms with Gasteiger partial charge in [-0.3, -0.25) is 4.90 Å². The van der Waals surface area contributed by atoms with Gasteiger partial charge >= 0.3 is 0 Å². The van der Waals surface area contributed by atoms with Crippen LogP contribution in [0.3, 0.4) is 0 Å². The summed E-state index contributed by atoms with van der Waals surface area (Å²) in [7, 11) is 0. The van der Waals surface area contributed by atoms with Gasteiger partial charge in [-0.05, 0) is 56.5 Å². The van der Waals surface area contributed by atoms with E-state index in [2.05, 4.69) is 30.9 Å². The first-order chi connectivity index (χ1) is 8.70. The third-order valence-electron chi connectivity index (χ3n) is 3.84. The summed E-state index contributed by atoms with van der Waals surface area (Å²) in [5.41, 5.74) is 2.56. The molecule has 0 aliphatic carbocycles. The molecule has 0 saturated carbocycles. The Morgan fingerprint density at radius 3 is 2.89 bits per heavy atom. The van der Waals surface area contributed by atoms with Crippen LogP contribution in [0.2, 0.25) is 0 Å². The monoisotopic (exact) mass is 249 g/mol. The van der Waals surface area contributed by atoms with Crippen LogP contribution in [0.4, 0.5) is 0 Å². The number of hydrogen-bond acceptors (Lipinski definition) is 3. The highest BCUT2D eigenvalue weighted by Gasteiger charge is 2.22. The van der Waals surface area contributed by atoms with Gasteiger partial charge in [0.25, 0.3) is 0 Å². The minimum absolute atomic E-state index is 0.267. The second-order valence-electron chi connectivity index (χ2n) is 5.11. The lowest BCUT2D eigenvalue weighted by Crippen LogP contribution is -2.35. The first-order valence-electron chi connectivity index (χ1n) is 6.75. The number of rotatable bonds is 5. The van der Waals surface area contributed by atoms with Gasteiger partial charge in [0.2, 0.25) is 0 Å². The maximum atomic E-state index is 9.24. The smallest absolute Gasteiger partial charge is 0.119 e. The van der Waals surface area contributed by atoms with Crippen LogP contribution in [0, 0.1) is 13.8 Å². The lowest BCUT2D eigenvalue weighted by Gasteiger charge is -2.22. The molecule has 18 heavy (non-hydrogen) atoms. The Morgan fingerprint density at radius 1 is 1.33 bits per heavy atom. The Hall–Kier alpha value is -1.06. The molecule has 1 aromatic carbocycles. The van der Waals surface area contributed by atoms with Crippen molar-refractivity contribution in [3.05, 3.63) is 29.3 Å². The molecule has 1 unspecified atom stereocenters. The molecular weight excluding hydrogens is 226 g/mol. The van der Waals surface area contributed by atoms with E-state index in [1.165, 1.54) is 17.5 Å². The van der Waals surface area contributed by atoms with Gasteiger partial charge < -0.3 is 9.84 Å². The van der Waals surface area contributed by atoms with Crippen LogP contribution >= 0.6 is 0 Å². The van der Waals surface area contributed by atoms with Crippen LogP contribution in [0.15, 0.2) is 18.2 Å². The standard InChI is InChI=1S/C15H23NO2/c1-12-5-6-15(10-13(12)2)18-9-8-16-7-3-4-14(16)11-17/h5-6,10,14,17H,3-4,7-9,11H2,1-2H3. The van der Waals surface area contributed by atoms with Crippen molar-refractivity contribution in [3.63, 3.8) is 0 Å². The molecule has 0 radical (unpaired) electrons. The fourth-order valence-corrected chi connectivity index (χ4v) is 2.48. The molecule has 3 heteroatoms. The Labute approximate surface area is 109 Å². The molecule has 1 aliphatic rings. The lowest BCUT2D eigenvalue weighted by molar-refractivity contribution is 0.139. The van der Waals surface area contributed by atoms with Gasteiger partial charge in [0.1, 0.15) is 12.4 Å². The van der Waals surface area contributed by atoms with E-state index in [1.807, 2.05) is 6.07 Å². The molecule has 0 amide bonds. The van der Waals surface area contributed by atoms with Gasteiger partial charge in [0.15, 0.2) is 0 Å². The minimum Gasteiger partial charge on any atom is -0.492 e. The van der Waals surface area contributed by atoms with E-state index in [0.29, 0.717) is 12.6 Å². The number of ether oxygens (including phenoxy) is 1. The summed E-state index contributed by atoms with van der Waals surface area (Å²) in [5.74, 6) is 0.942. The van der Waals surface area contributed by atoms with Crippen LogP contribution in [-0.2, 0) is 0 Å². The number of likely N-dealkylation sites (tertiary alicyclic amines) is 1. The molecule has 1 saturated heterocycles. The van der Waals surface area contributed by atoms with E-state index in [4.69, 9.17) is 4.74 Å². The Balaban J connectivity index is 1.79. The largest absolute Gasteiger partial charge is 0.492 e. The predicted molar refractivity (Wildman–Crippen MR) is 73.1 cm³/mol. The van der Waals surface area contributed by atoms with Crippen molar-refractivity contribution in [2.45, 2.75) is 32.7 Å². The van der Waals surface area contributed by atoms with Crippen molar-refractivity contribution in [3.8, 4) is 5.75 Å². The number of nitrogens with zero attached hydrogens (tertiary/aromatic N) is 1. The van der Waals surface area contributed by atoms with Gasteiger partial charge in [-0.2, -0.15) is 0 Å². The number of aryl methyl sites for hydroxylation is 2. The molecule has 0 bridgehead atoms. The molecule has 1 atom stereocenters. The maximum Gasteiger partial charge on any atom is 0.119 e. The molecule has 1 aromatic rings. The van der Waals surface area contributed by atoms with E-state index in [9.17, 15) is 5.11 Å². The van der Waals surface area contributed by atoms with E-state index in [0.717, 1.165) is 25.3 Å². The summed E-state index contributed by atoms with van der Waals surface area (Å²) >= 11 is 0. The highest BCUT2D eigenvalue weighted by molar-refractivity contribution is 5.33. The third kappa shape index (κ3) is 3.24. The van der Waals surface area contributed by atoms with Gasteiger partial charge in [-0.15, -0.1) is 0 Å². The molecule has 3 nitrogen and oxygen atoms in total. The second-order valence-corrected chi connectivity index (χ2v) is 5.11. The molecule has 1 N–H and O–H groups in total. The molecule has 1 aliphatic heterocycles. The van der Waals surface area contributed by atoms with E-state index >= 15 is 0 Å². The van der Waals surface area contributed by atoms with Crippen molar-refractivity contribution >= 4 is 0 Å². The Morgan fingerprint density at radius 2 is 2.17 bits per heavy atom. The zero-order valence-corrected chi connectivity index (χ0v) is 11.4. The van der Waals surface area contributed by atoms with Crippen molar-refractivity contribution in [1.29, 1.82) is 0 Å². The minimum atomic E-state index is 0.267. The SMILES string of the molecule is Cc1ccc(OCCN2CCCC2CO)cc1C. The van der Waals surface area contributed by atoms with Gasteiger partial charge in [-0.1, -0.05) is 6.07 Å². The van der Waals surface area contributed by atoms with Crippen LogP contribution in [-0.4, -0.2) is 42.4 Å². The van der Waals surface area contributed by atoms with E-state index in [1.54, 1.807) is 0 Å². The molecule has 0 aromatic heterocycles. The number of aliphatic hydroxyl groups excluding tert-OH is 1. The molecular formula is C15H23NO2. The van der Waals surface area contributed by atoms with Crippen molar-refractivity contribution in [1.82, 2.24) is 4.90 Å². The first kappa shape index (κ1) is 13.4. The van der Waals surface area contributed by atoms with Gasteiger partial charge in [0, 0.05) is 12.6 Å². The average Bonchev–Trinajstić information content (AvgIpc) is 2.81. The summed E-state index contributed by atoms with van der Waals surface area (Å²) in [6.45, 7) is 7.15. The van der Waals surface area contributed by atoms with E-state index in [-0.39, 0.29) is 6.61 Å². The predicted octanol–water partition coefficient (Wildman–Crippen LogP) is 2.14. The van der Waals surface area contributed by atoms with Crippen LogP contribution in [0.1, 0.15) is 24.0 Å². The van der Waals surface area contributed by atoms with Crippen LogP contribution in [0.25, 0.3) is 0 Å². The van der Waals surface area contributed by atoms with Crippen molar-refractivity contribution in [2.24, 2.45) is 0 Å².